The molecular weight excluding hydrogens is 226 g/mol. The fraction of sp³-hybridized carbons (Fsp3) is 0.636. The Morgan fingerprint density at radius 3 is 2.62 bits per heavy atom. The molecular formula is C11H17NO3S. The molecule has 0 fully saturated rings. The normalized spacial score (nSPS) is 15.6. The van der Waals surface area contributed by atoms with Crippen LogP contribution in [0.15, 0.2) is 11.7 Å². The molecule has 0 aliphatic carbocycles. The van der Waals surface area contributed by atoms with Crippen molar-refractivity contribution in [1.82, 2.24) is 4.98 Å². The second-order valence-electron chi connectivity index (χ2n) is 4.67. The number of nitrogens with zero attached hydrogens (tertiary/aromatic N) is 1. The summed E-state index contributed by atoms with van der Waals surface area (Å²) in [5.74, 6) is -0.979. The molecule has 1 N–H and O–H groups in total. The lowest BCUT2D eigenvalue weighted by atomic mass is 10.0. The minimum Gasteiger partial charge on any atom is -0.460 e. The largest absolute Gasteiger partial charge is 0.460 e. The molecule has 0 aliphatic rings. The Morgan fingerprint density at radius 2 is 2.19 bits per heavy atom. The molecule has 0 aliphatic heterocycles. The number of rotatable bonds is 3. The molecule has 90 valence electrons. The van der Waals surface area contributed by atoms with Crippen molar-refractivity contribution in [3.63, 3.8) is 0 Å². The van der Waals surface area contributed by atoms with Gasteiger partial charge in [0.2, 0.25) is 0 Å². The molecule has 0 amide bonds. The van der Waals surface area contributed by atoms with Gasteiger partial charge in [0.25, 0.3) is 0 Å². The van der Waals surface area contributed by atoms with E-state index in [0.29, 0.717) is 4.88 Å². The molecule has 0 radical (unpaired) electrons. The average molecular weight is 243 g/mol. The molecule has 2 atom stereocenters. The quantitative estimate of drug-likeness (QED) is 0.826. The fourth-order valence-electron chi connectivity index (χ4n) is 1.14. The van der Waals surface area contributed by atoms with Gasteiger partial charge in [-0.1, -0.05) is 0 Å². The summed E-state index contributed by atoms with van der Waals surface area (Å²) >= 11 is 1.33. The van der Waals surface area contributed by atoms with Crippen LogP contribution in [0.5, 0.6) is 0 Å². The summed E-state index contributed by atoms with van der Waals surface area (Å²) in [4.78, 5) is 16.2. The Morgan fingerprint density at radius 1 is 1.56 bits per heavy atom. The van der Waals surface area contributed by atoms with Gasteiger partial charge in [0, 0.05) is 6.20 Å². The molecule has 0 spiro atoms. The van der Waals surface area contributed by atoms with Crippen LogP contribution in [-0.2, 0) is 9.53 Å². The molecule has 0 saturated carbocycles. The van der Waals surface area contributed by atoms with E-state index in [4.69, 9.17) is 4.74 Å². The predicted molar refractivity (Wildman–Crippen MR) is 62.1 cm³/mol. The van der Waals surface area contributed by atoms with Gasteiger partial charge in [-0.25, -0.2) is 0 Å². The summed E-state index contributed by atoms with van der Waals surface area (Å²) in [5, 5.41) is 9.91. The van der Waals surface area contributed by atoms with Gasteiger partial charge >= 0.3 is 5.97 Å². The van der Waals surface area contributed by atoms with Gasteiger partial charge in [-0.3, -0.25) is 9.78 Å². The molecule has 4 nitrogen and oxygen atoms in total. The van der Waals surface area contributed by atoms with E-state index in [-0.39, 0.29) is 0 Å². The molecule has 1 aromatic rings. The number of carbonyl (C=O) groups is 1. The standard InChI is InChI=1S/C11H17NO3S/c1-7(10(14)15-11(2,3)4)9(13)8-5-12-6-16-8/h5-7,9,13H,1-4H3. The van der Waals surface area contributed by atoms with Crippen LogP contribution in [0, 0.1) is 5.92 Å². The number of aliphatic hydroxyl groups is 1. The van der Waals surface area contributed by atoms with E-state index in [1.807, 2.05) is 0 Å². The summed E-state index contributed by atoms with van der Waals surface area (Å²) in [6.07, 6.45) is 0.721. The van der Waals surface area contributed by atoms with Crippen LogP contribution in [0.2, 0.25) is 0 Å². The lowest BCUT2D eigenvalue weighted by Gasteiger charge is -2.24. The highest BCUT2D eigenvalue weighted by Crippen LogP contribution is 2.26. The Hall–Kier alpha value is -0.940. The minimum atomic E-state index is -0.845. The highest BCUT2D eigenvalue weighted by molar-refractivity contribution is 7.09. The molecule has 5 heteroatoms. The minimum absolute atomic E-state index is 0.395. The summed E-state index contributed by atoms with van der Waals surface area (Å²) in [6, 6.07) is 0. The van der Waals surface area contributed by atoms with Gasteiger partial charge in [-0.2, -0.15) is 0 Å². The van der Waals surface area contributed by atoms with E-state index < -0.39 is 23.6 Å². The Balaban J connectivity index is 2.64. The highest BCUT2D eigenvalue weighted by Gasteiger charge is 2.28. The van der Waals surface area contributed by atoms with Crippen molar-refractivity contribution in [2.24, 2.45) is 5.92 Å². The molecule has 1 heterocycles. The lowest BCUT2D eigenvalue weighted by molar-refractivity contribution is -0.163. The van der Waals surface area contributed by atoms with Gasteiger partial charge in [0.05, 0.1) is 16.3 Å². The summed E-state index contributed by atoms with van der Waals surface area (Å²) in [7, 11) is 0. The topological polar surface area (TPSA) is 59.4 Å². The van der Waals surface area contributed by atoms with Crippen molar-refractivity contribution in [2.45, 2.75) is 39.4 Å². The molecule has 16 heavy (non-hydrogen) atoms. The predicted octanol–water partition coefficient (Wildman–Crippen LogP) is 2.15. The van der Waals surface area contributed by atoms with Gasteiger partial charge < -0.3 is 9.84 Å². The second-order valence-corrected chi connectivity index (χ2v) is 5.59. The molecule has 0 bridgehead atoms. The SMILES string of the molecule is CC(C(=O)OC(C)(C)C)C(O)c1cncs1. The number of hydrogen-bond acceptors (Lipinski definition) is 5. The first-order valence-corrected chi connectivity index (χ1v) is 5.98. The van der Waals surface area contributed by atoms with E-state index in [2.05, 4.69) is 4.98 Å². The molecule has 1 rings (SSSR count). The third-order valence-electron chi connectivity index (χ3n) is 2.00. The number of aromatic nitrogens is 1. The fourth-order valence-corrected chi connectivity index (χ4v) is 1.85. The van der Waals surface area contributed by atoms with Gasteiger partial charge in [0.1, 0.15) is 11.7 Å². The van der Waals surface area contributed by atoms with Crippen molar-refractivity contribution < 1.29 is 14.6 Å². The first-order chi connectivity index (χ1) is 7.31. The number of carbonyl (C=O) groups excluding carboxylic acids is 1. The van der Waals surface area contributed by atoms with E-state index in [1.54, 1.807) is 39.4 Å². The van der Waals surface area contributed by atoms with Crippen LogP contribution >= 0.6 is 11.3 Å². The van der Waals surface area contributed by atoms with Gasteiger partial charge in [0.15, 0.2) is 0 Å². The Bertz CT molecular complexity index is 343. The number of thiazole rings is 1. The summed E-state index contributed by atoms with van der Waals surface area (Å²) < 4.78 is 5.20. The molecule has 1 aromatic heterocycles. The van der Waals surface area contributed by atoms with Gasteiger partial charge in [-0.15, -0.1) is 11.3 Å². The van der Waals surface area contributed by atoms with Crippen molar-refractivity contribution in [1.29, 1.82) is 0 Å². The van der Waals surface area contributed by atoms with Crippen molar-refractivity contribution in [2.75, 3.05) is 0 Å². The monoisotopic (exact) mass is 243 g/mol. The maximum absolute atomic E-state index is 11.7. The maximum Gasteiger partial charge on any atom is 0.312 e. The summed E-state index contributed by atoms with van der Waals surface area (Å²) in [5.41, 5.74) is 1.10. The lowest BCUT2D eigenvalue weighted by Crippen LogP contribution is -2.30. The average Bonchev–Trinajstić information content (AvgIpc) is 2.65. The first-order valence-electron chi connectivity index (χ1n) is 5.10. The third-order valence-corrected chi connectivity index (χ3v) is 2.84. The van der Waals surface area contributed by atoms with Crippen LogP contribution in [0.25, 0.3) is 0 Å². The zero-order valence-corrected chi connectivity index (χ0v) is 10.7. The van der Waals surface area contributed by atoms with Crippen molar-refractivity contribution in [3.8, 4) is 0 Å². The maximum atomic E-state index is 11.7. The first kappa shape index (κ1) is 13.1. The van der Waals surface area contributed by atoms with E-state index in [9.17, 15) is 9.90 Å². The van der Waals surface area contributed by atoms with Crippen LogP contribution in [-0.4, -0.2) is 21.7 Å². The number of hydrogen-bond donors (Lipinski definition) is 1. The van der Waals surface area contributed by atoms with E-state index in [0.717, 1.165) is 0 Å². The van der Waals surface area contributed by atoms with Crippen LogP contribution in [0.1, 0.15) is 38.7 Å². The smallest absolute Gasteiger partial charge is 0.312 e. The number of ether oxygens (including phenoxy) is 1. The second kappa shape index (κ2) is 4.93. The Labute approximate surface area is 99.3 Å². The molecule has 0 saturated heterocycles. The van der Waals surface area contributed by atoms with Crippen molar-refractivity contribution in [3.05, 3.63) is 16.6 Å². The van der Waals surface area contributed by atoms with Crippen molar-refractivity contribution >= 4 is 17.3 Å². The number of esters is 1. The number of aliphatic hydroxyl groups excluding tert-OH is 1. The van der Waals surface area contributed by atoms with Gasteiger partial charge in [-0.05, 0) is 27.7 Å². The zero-order chi connectivity index (χ0) is 12.3. The zero-order valence-electron chi connectivity index (χ0n) is 9.93. The Kier molecular flexibility index (Phi) is 4.04. The van der Waals surface area contributed by atoms with E-state index >= 15 is 0 Å². The van der Waals surface area contributed by atoms with Crippen LogP contribution < -0.4 is 0 Å². The van der Waals surface area contributed by atoms with E-state index in [1.165, 1.54) is 11.3 Å². The van der Waals surface area contributed by atoms with Crippen LogP contribution in [0.3, 0.4) is 0 Å². The third kappa shape index (κ3) is 3.57. The highest BCUT2D eigenvalue weighted by atomic mass is 32.1. The summed E-state index contributed by atoms with van der Waals surface area (Å²) in [6.45, 7) is 7.06. The van der Waals surface area contributed by atoms with Crippen LogP contribution in [0.4, 0.5) is 0 Å². The molecule has 2 unspecified atom stereocenters. The molecule has 0 aromatic carbocycles.